The summed E-state index contributed by atoms with van der Waals surface area (Å²) in [5, 5.41) is 9.25. The number of phenols is 1. The van der Waals surface area contributed by atoms with Crippen molar-refractivity contribution in [2.45, 2.75) is 0 Å². The van der Waals surface area contributed by atoms with Crippen molar-refractivity contribution in [1.29, 1.82) is 0 Å². The zero-order valence-electron chi connectivity index (χ0n) is 9.81. The largest absolute Gasteiger partial charge is 0.508 e. The summed E-state index contributed by atoms with van der Waals surface area (Å²) in [6.45, 7) is 0. The van der Waals surface area contributed by atoms with Crippen LogP contribution in [0.15, 0.2) is 48.5 Å². The number of rotatable bonds is 3. The Morgan fingerprint density at radius 3 is 2.53 bits per heavy atom. The van der Waals surface area contributed by atoms with Gasteiger partial charge in [-0.25, -0.2) is 8.78 Å². The lowest BCUT2D eigenvalue weighted by Gasteiger charge is -1.98. The number of ketones is 1. The van der Waals surface area contributed by atoms with Crippen molar-refractivity contribution < 1.29 is 18.7 Å². The average molecular weight is 260 g/mol. The minimum atomic E-state index is -1.06. The van der Waals surface area contributed by atoms with Gasteiger partial charge in [0.2, 0.25) is 0 Å². The van der Waals surface area contributed by atoms with Crippen molar-refractivity contribution >= 4 is 11.9 Å². The minimum absolute atomic E-state index is 0.0651. The first-order valence-corrected chi connectivity index (χ1v) is 5.53. The molecule has 0 fully saturated rings. The van der Waals surface area contributed by atoms with Crippen LogP contribution in [-0.4, -0.2) is 10.9 Å². The molecule has 2 aromatic carbocycles. The normalized spacial score (nSPS) is 10.8. The van der Waals surface area contributed by atoms with Crippen LogP contribution in [0.2, 0.25) is 0 Å². The maximum Gasteiger partial charge on any atom is 0.185 e. The van der Waals surface area contributed by atoms with Gasteiger partial charge in [-0.1, -0.05) is 18.2 Å². The van der Waals surface area contributed by atoms with E-state index in [1.54, 1.807) is 12.1 Å². The van der Waals surface area contributed by atoms with Crippen LogP contribution in [0.1, 0.15) is 15.9 Å². The van der Waals surface area contributed by atoms with Crippen molar-refractivity contribution in [2.75, 3.05) is 0 Å². The molecule has 2 nitrogen and oxygen atoms in total. The second-order valence-electron chi connectivity index (χ2n) is 3.92. The Bertz CT molecular complexity index is 648. The van der Waals surface area contributed by atoms with E-state index in [1.165, 1.54) is 30.4 Å². The maximum atomic E-state index is 13.0. The van der Waals surface area contributed by atoms with Gasteiger partial charge in [0.15, 0.2) is 17.4 Å². The molecule has 0 atom stereocenters. The highest BCUT2D eigenvalue weighted by atomic mass is 19.2. The average Bonchev–Trinajstić information content (AvgIpc) is 2.39. The van der Waals surface area contributed by atoms with Gasteiger partial charge in [-0.05, 0) is 42.0 Å². The molecular weight excluding hydrogens is 250 g/mol. The standard InChI is InChI=1S/C15H10F2O2/c16-13-6-5-11(9-14(13)17)15(19)7-4-10-2-1-3-12(18)8-10/h1-9,18H/b7-4+. The molecule has 0 amide bonds. The highest BCUT2D eigenvalue weighted by Gasteiger charge is 2.06. The van der Waals surface area contributed by atoms with Crippen LogP contribution >= 0.6 is 0 Å². The highest BCUT2D eigenvalue weighted by molar-refractivity contribution is 6.06. The minimum Gasteiger partial charge on any atom is -0.508 e. The summed E-state index contributed by atoms with van der Waals surface area (Å²) in [7, 11) is 0. The predicted octanol–water partition coefficient (Wildman–Crippen LogP) is 3.57. The van der Waals surface area contributed by atoms with Gasteiger partial charge in [-0.2, -0.15) is 0 Å². The third kappa shape index (κ3) is 3.25. The van der Waals surface area contributed by atoms with Gasteiger partial charge >= 0.3 is 0 Å². The Morgan fingerprint density at radius 1 is 1.05 bits per heavy atom. The van der Waals surface area contributed by atoms with Gasteiger partial charge < -0.3 is 5.11 Å². The summed E-state index contributed by atoms with van der Waals surface area (Å²) in [6.07, 6.45) is 2.73. The second-order valence-corrected chi connectivity index (χ2v) is 3.92. The van der Waals surface area contributed by atoms with Crippen LogP contribution in [0.25, 0.3) is 6.08 Å². The van der Waals surface area contributed by atoms with Gasteiger partial charge in [-0.3, -0.25) is 4.79 Å². The first-order valence-electron chi connectivity index (χ1n) is 5.53. The summed E-state index contributed by atoms with van der Waals surface area (Å²) in [4.78, 5) is 11.7. The van der Waals surface area contributed by atoms with Gasteiger partial charge in [0.1, 0.15) is 5.75 Å². The summed E-state index contributed by atoms with van der Waals surface area (Å²) in [6, 6.07) is 9.30. The lowest BCUT2D eigenvalue weighted by Crippen LogP contribution is -1.96. The van der Waals surface area contributed by atoms with Crippen molar-refractivity contribution in [1.82, 2.24) is 0 Å². The van der Waals surface area contributed by atoms with E-state index in [9.17, 15) is 18.7 Å². The first-order chi connectivity index (χ1) is 9.06. The van der Waals surface area contributed by atoms with Crippen molar-refractivity contribution in [3.05, 3.63) is 71.3 Å². The summed E-state index contributed by atoms with van der Waals surface area (Å²) in [5.74, 6) is -2.41. The molecule has 0 radical (unpaired) electrons. The SMILES string of the molecule is O=C(/C=C/c1cccc(O)c1)c1ccc(F)c(F)c1. The number of carbonyl (C=O) groups is 1. The monoisotopic (exact) mass is 260 g/mol. The first kappa shape index (κ1) is 13.0. The van der Waals surface area contributed by atoms with E-state index in [1.807, 2.05) is 0 Å². The predicted molar refractivity (Wildman–Crippen MR) is 67.8 cm³/mol. The Hall–Kier alpha value is -2.49. The summed E-state index contributed by atoms with van der Waals surface area (Å²) in [5.41, 5.74) is 0.700. The number of hydrogen-bond donors (Lipinski definition) is 1. The smallest absolute Gasteiger partial charge is 0.185 e. The number of carbonyl (C=O) groups excluding carboxylic acids is 1. The van der Waals surface area contributed by atoms with Gasteiger partial charge in [0, 0.05) is 5.56 Å². The molecule has 0 spiro atoms. The fourth-order valence-electron chi connectivity index (χ4n) is 1.55. The molecule has 0 saturated carbocycles. The fourth-order valence-corrected chi connectivity index (χ4v) is 1.55. The molecule has 0 aromatic heterocycles. The Morgan fingerprint density at radius 2 is 1.84 bits per heavy atom. The summed E-state index contributed by atoms with van der Waals surface area (Å²) >= 11 is 0. The zero-order chi connectivity index (χ0) is 13.8. The molecule has 2 aromatic rings. The van der Waals surface area contributed by atoms with Crippen LogP contribution in [0.3, 0.4) is 0 Å². The lowest BCUT2D eigenvalue weighted by atomic mass is 10.1. The highest BCUT2D eigenvalue weighted by Crippen LogP contribution is 2.14. The quantitative estimate of drug-likeness (QED) is 0.676. The van der Waals surface area contributed by atoms with E-state index >= 15 is 0 Å². The Kier molecular flexibility index (Phi) is 3.71. The van der Waals surface area contributed by atoms with E-state index in [2.05, 4.69) is 0 Å². The molecule has 19 heavy (non-hydrogen) atoms. The summed E-state index contributed by atoms with van der Waals surface area (Å²) < 4.78 is 25.7. The molecule has 4 heteroatoms. The van der Waals surface area contributed by atoms with Crippen LogP contribution in [0.5, 0.6) is 5.75 Å². The maximum absolute atomic E-state index is 13.0. The molecule has 0 aliphatic carbocycles. The third-order valence-electron chi connectivity index (χ3n) is 2.50. The van der Waals surface area contributed by atoms with E-state index in [4.69, 9.17) is 0 Å². The van der Waals surface area contributed by atoms with Gasteiger partial charge in [-0.15, -0.1) is 0 Å². The van der Waals surface area contributed by atoms with Crippen molar-refractivity contribution in [2.24, 2.45) is 0 Å². The van der Waals surface area contributed by atoms with Crippen LogP contribution in [0.4, 0.5) is 8.78 Å². The number of hydrogen-bond acceptors (Lipinski definition) is 2. The third-order valence-corrected chi connectivity index (χ3v) is 2.50. The molecule has 0 heterocycles. The van der Waals surface area contributed by atoms with E-state index in [0.29, 0.717) is 5.56 Å². The Labute approximate surface area is 108 Å². The number of halogens is 2. The lowest BCUT2D eigenvalue weighted by molar-refractivity contribution is 0.104. The molecule has 0 saturated heterocycles. The molecule has 96 valence electrons. The van der Waals surface area contributed by atoms with Gasteiger partial charge in [0.05, 0.1) is 0 Å². The number of aromatic hydroxyl groups is 1. The zero-order valence-corrected chi connectivity index (χ0v) is 9.81. The Balaban J connectivity index is 2.19. The van der Waals surface area contributed by atoms with E-state index in [-0.39, 0.29) is 11.3 Å². The second kappa shape index (κ2) is 5.44. The molecule has 0 aliphatic heterocycles. The molecular formula is C15H10F2O2. The molecule has 0 unspecified atom stereocenters. The van der Waals surface area contributed by atoms with Crippen LogP contribution < -0.4 is 0 Å². The van der Waals surface area contributed by atoms with E-state index < -0.39 is 17.4 Å². The molecule has 1 N–H and O–H groups in total. The molecule has 2 rings (SSSR count). The number of benzene rings is 2. The van der Waals surface area contributed by atoms with Crippen molar-refractivity contribution in [3.63, 3.8) is 0 Å². The number of phenolic OH excluding ortho intramolecular Hbond substituents is 1. The van der Waals surface area contributed by atoms with Gasteiger partial charge in [0.25, 0.3) is 0 Å². The van der Waals surface area contributed by atoms with Crippen LogP contribution in [-0.2, 0) is 0 Å². The fraction of sp³-hybridized carbons (Fsp3) is 0. The topological polar surface area (TPSA) is 37.3 Å². The van der Waals surface area contributed by atoms with E-state index in [0.717, 1.165) is 12.1 Å². The molecule has 0 aliphatic rings. The number of allylic oxidation sites excluding steroid dienone is 1. The molecule has 0 bridgehead atoms. The van der Waals surface area contributed by atoms with Crippen molar-refractivity contribution in [3.8, 4) is 5.75 Å². The van der Waals surface area contributed by atoms with Crippen LogP contribution in [0, 0.1) is 11.6 Å².